The van der Waals surface area contributed by atoms with E-state index in [2.05, 4.69) is 19.8 Å². The standard InChI is InChI=1S/C15H9F4N3O3S/c16-13(17)24-10-2-1-8(11(6-10)25-14(18)19)5-9(7-20)12(23)22-15-21-3-4-26-15/h1-6,13-14H,(H,21,22,23). The van der Waals surface area contributed by atoms with E-state index < -0.39 is 36.2 Å². The van der Waals surface area contributed by atoms with E-state index in [1.807, 2.05) is 0 Å². The number of carbonyl (C=O) groups excluding carboxylic acids is 1. The van der Waals surface area contributed by atoms with Crippen molar-refractivity contribution in [1.29, 1.82) is 5.26 Å². The van der Waals surface area contributed by atoms with Crippen LogP contribution in [0.3, 0.4) is 0 Å². The van der Waals surface area contributed by atoms with E-state index in [9.17, 15) is 22.4 Å². The van der Waals surface area contributed by atoms with Crippen LogP contribution in [-0.4, -0.2) is 24.1 Å². The van der Waals surface area contributed by atoms with Crippen LogP contribution in [0.4, 0.5) is 22.7 Å². The van der Waals surface area contributed by atoms with E-state index in [0.717, 1.165) is 35.6 Å². The van der Waals surface area contributed by atoms with Crippen LogP contribution in [0.15, 0.2) is 35.3 Å². The molecule has 0 atom stereocenters. The molecule has 0 saturated heterocycles. The van der Waals surface area contributed by atoms with Gasteiger partial charge in [0.1, 0.15) is 23.1 Å². The summed E-state index contributed by atoms with van der Waals surface area (Å²) in [5, 5.41) is 13.3. The Morgan fingerprint density at radius 2 is 2.00 bits per heavy atom. The number of halogens is 4. The number of alkyl halides is 4. The van der Waals surface area contributed by atoms with Gasteiger partial charge in [0.25, 0.3) is 5.91 Å². The summed E-state index contributed by atoms with van der Waals surface area (Å²) in [6, 6.07) is 4.59. The molecule has 26 heavy (non-hydrogen) atoms. The molecule has 1 heterocycles. The predicted molar refractivity (Wildman–Crippen MR) is 84.0 cm³/mol. The molecule has 136 valence electrons. The number of nitrogens with one attached hydrogen (secondary N) is 1. The Kier molecular flexibility index (Phi) is 6.51. The molecular weight excluding hydrogens is 378 g/mol. The molecule has 0 bridgehead atoms. The maximum atomic E-state index is 12.5. The van der Waals surface area contributed by atoms with E-state index in [1.54, 1.807) is 11.4 Å². The molecule has 2 aromatic rings. The number of nitriles is 1. The fraction of sp³-hybridized carbons (Fsp3) is 0.133. The average molecular weight is 387 g/mol. The Morgan fingerprint density at radius 3 is 2.58 bits per heavy atom. The number of thiazole rings is 1. The lowest BCUT2D eigenvalue weighted by atomic mass is 10.1. The van der Waals surface area contributed by atoms with E-state index in [-0.39, 0.29) is 10.7 Å². The molecule has 0 aliphatic carbocycles. The van der Waals surface area contributed by atoms with E-state index in [0.29, 0.717) is 0 Å². The maximum absolute atomic E-state index is 12.5. The average Bonchev–Trinajstić information content (AvgIpc) is 3.06. The number of carbonyl (C=O) groups is 1. The lowest BCUT2D eigenvalue weighted by Gasteiger charge is -2.11. The molecule has 2 rings (SSSR count). The van der Waals surface area contributed by atoms with Crippen molar-refractivity contribution in [2.45, 2.75) is 13.2 Å². The molecule has 6 nitrogen and oxygen atoms in total. The Bertz CT molecular complexity index is 835. The SMILES string of the molecule is N#CC(=Cc1ccc(OC(F)F)cc1OC(F)F)C(=O)Nc1nccs1. The van der Waals surface area contributed by atoms with Crippen molar-refractivity contribution in [3.8, 4) is 17.6 Å². The van der Waals surface area contributed by atoms with Crippen LogP contribution >= 0.6 is 11.3 Å². The summed E-state index contributed by atoms with van der Waals surface area (Å²) in [5.74, 6) is -1.77. The highest BCUT2D eigenvalue weighted by molar-refractivity contribution is 7.13. The Labute approximate surface area is 148 Å². The zero-order chi connectivity index (χ0) is 19.1. The van der Waals surface area contributed by atoms with E-state index >= 15 is 0 Å². The number of hydrogen-bond acceptors (Lipinski definition) is 6. The van der Waals surface area contributed by atoms with Gasteiger partial charge >= 0.3 is 13.2 Å². The molecule has 0 fully saturated rings. The number of hydrogen-bond donors (Lipinski definition) is 1. The van der Waals surface area contributed by atoms with Gasteiger partial charge in [0.15, 0.2) is 5.13 Å². The molecule has 1 aromatic carbocycles. The Hall–Kier alpha value is -3.13. The first-order valence-electron chi connectivity index (χ1n) is 6.75. The number of rotatable bonds is 7. The van der Waals surface area contributed by atoms with Crippen molar-refractivity contribution in [1.82, 2.24) is 4.98 Å². The van der Waals surface area contributed by atoms with E-state index in [1.165, 1.54) is 6.20 Å². The van der Waals surface area contributed by atoms with Gasteiger partial charge in [-0.3, -0.25) is 10.1 Å². The highest BCUT2D eigenvalue weighted by Crippen LogP contribution is 2.29. The minimum Gasteiger partial charge on any atom is -0.435 e. The number of benzene rings is 1. The third kappa shape index (κ3) is 5.45. The number of aromatic nitrogens is 1. The number of nitrogens with zero attached hydrogens (tertiary/aromatic N) is 2. The molecule has 1 amide bonds. The zero-order valence-electron chi connectivity index (χ0n) is 12.7. The summed E-state index contributed by atoms with van der Waals surface area (Å²) in [4.78, 5) is 15.9. The number of anilines is 1. The van der Waals surface area contributed by atoms with Gasteiger partial charge in [0.2, 0.25) is 0 Å². The third-order valence-electron chi connectivity index (χ3n) is 2.74. The number of amides is 1. The van der Waals surface area contributed by atoms with Gasteiger partial charge in [-0.1, -0.05) is 0 Å². The minimum absolute atomic E-state index is 0.0993. The molecular formula is C15H9F4N3O3S. The van der Waals surface area contributed by atoms with Crippen LogP contribution in [-0.2, 0) is 4.79 Å². The first kappa shape index (κ1) is 19.2. The molecule has 1 aromatic heterocycles. The summed E-state index contributed by atoms with van der Waals surface area (Å²) >= 11 is 1.11. The lowest BCUT2D eigenvalue weighted by molar-refractivity contribution is -0.112. The summed E-state index contributed by atoms with van der Waals surface area (Å²) < 4.78 is 57.9. The molecule has 0 saturated carbocycles. The van der Waals surface area contributed by atoms with Gasteiger partial charge in [0.05, 0.1) is 0 Å². The van der Waals surface area contributed by atoms with Crippen molar-refractivity contribution in [3.63, 3.8) is 0 Å². The first-order chi connectivity index (χ1) is 12.4. The second-order valence-corrected chi connectivity index (χ2v) is 5.31. The van der Waals surface area contributed by atoms with Gasteiger partial charge < -0.3 is 9.47 Å². The zero-order valence-corrected chi connectivity index (χ0v) is 13.5. The fourth-order valence-corrected chi connectivity index (χ4v) is 2.29. The molecule has 0 radical (unpaired) electrons. The quantitative estimate of drug-likeness (QED) is 0.443. The van der Waals surface area contributed by atoms with Crippen molar-refractivity contribution >= 4 is 28.5 Å². The van der Waals surface area contributed by atoms with Gasteiger partial charge in [-0.05, 0) is 18.2 Å². The first-order valence-corrected chi connectivity index (χ1v) is 7.63. The lowest BCUT2D eigenvalue weighted by Crippen LogP contribution is -2.13. The highest BCUT2D eigenvalue weighted by atomic mass is 32.1. The predicted octanol–water partition coefficient (Wildman–Crippen LogP) is 3.89. The van der Waals surface area contributed by atoms with Gasteiger partial charge in [-0.25, -0.2) is 4.98 Å². The summed E-state index contributed by atoms with van der Waals surface area (Å²) in [5.41, 5.74) is -0.528. The van der Waals surface area contributed by atoms with Crippen molar-refractivity contribution in [2.75, 3.05) is 5.32 Å². The van der Waals surface area contributed by atoms with Crippen LogP contribution in [0.2, 0.25) is 0 Å². The summed E-state index contributed by atoms with van der Waals surface area (Å²) in [7, 11) is 0. The second-order valence-electron chi connectivity index (χ2n) is 4.42. The van der Waals surface area contributed by atoms with Gasteiger partial charge in [-0.15, -0.1) is 11.3 Å². The molecule has 0 aliphatic rings. The smallest absolute Gasteiger partial charge is 0.387 e. The highest BCUT2D eigenvalue weighted by Gasteiger charge is 2.16. The maximum Gasteiger partial charge on any atom is 0.387 e. The Morgan fingerprint density at radius 1 is 1.27 bits per heavy atom. The van der Waals surface area contributed by atoms with E-state index in [4.69, 9.17) is 5.26 Å². The van der Waals surface area contributed by atoms with Crippen molar-refractivity contribution in [2.24, 2.45) is 0 Å². The third-order valence-corrected chi connectivity index (χ3v) is 3.43. The van der Waals surface area contributed by atoms with Crippen LogP contribution in [0.5, 0.6) is 11.5 Å². The van der Waals surface area contributed by atoms with Crippen molar-refractivity contribution < 1.29 is 31.8 Å². The monoisotopic (exact) mass is 387 g/mol. The topological polar surface area (TPSA) is 84.2 Å². The van der Waals surface area contributed by atoms with Crippen LogP contribution in [0, 0.1) is 11.3 Å². The van der Waals surface area contributed by atoms with Gasteiger partial charge in [0, 0.05) is 23.2 Å². The normalized spacial score (nSPS) is 11.3. The van der Waals surface area contributed by atoms with Gasteiger partial charge in [-0.2, -0.15) is 22.8 Å². The Balaban J connectivity index is 2.32. The molecule has 0 aliphatic heterocycles. The van der Waals surface area contributed by atoms with Crippen molar-refractivity contribution in [3.05, 3.63) is 40.9 Å². The molecule has 0 unspecified atom stereocenters. The fourth-order valence-electron chi connectivity index (χ4n) is 1.76. The van der Waals surface area contributed by atoms with Crippen LogP contribution in [0.1, 0.15) is 5.56 Å². The van der Waals surface area contributed by atoms with Crippen LogP contribution in [0.25, 0.3) is 6.08 Å². The molecule has 0 spiro atoms. The largest absolute Gasteiger partial charge is 0.435 e. The summed E-state index contributed by atoms with van der Waals surface area (Å²) in [6.45, 7) is -6.41. The summed E-state index contributed by atoms with van der Waals surface area (Å²) in [6.07, 6.45) is 2.42. The minimum atomic E-state index is -3.25. The number of ether oxygens (including phenoxy) is 2. The molecule has 11 heteroatoms. The van der Waals surface area contributed by atoms with Crippen LogP contribution < -0.4 is 14.8 Å². The second kappa shape index (κ2) is 8.82. The molecule has 1 N–H and O–H groups in total.